The van der Waals surface area contributed by atoms with E-state index in [-0.39, 0.29) is 12.0 Å². The predicted octanol–water partition coefficient (Wildman–Crippen LogP) is 3.20. The number of hydrogen-bond donors (Lipinski definition) is 0. The molecule has 0 N–H and O–H groups in total. The fourth-order valence-electron chi connectivity index (χ4n) is 2.91. The number of amides is 1. The van der Waals surface area contributed by atoms with Gasteiger partial charge >= 0.3 is 0 Å². The average molecular weight is 390 g/mol. The molecule has 1 aromatic heterocycles. The number of nitrogens with zero attached hydrogens (tertiary/aromatic N) is 3. The van der Waals surface area contributed by atoms with Gasteiger partial charge in [-0.05, 0) is 41.1 Å². The first-order chi connectivity index (χ1) is 11.6. The molecule has 0 radical (unpaired) electrons. The summed E-state index contributed by atoms with van der Waals surface area (Å²) in [5.41, 5.74) is 1.68. The highest BCUT2D eigenvalue weighted by Gasteiger charge is 2.27. The Morgan fingerprint density at radius 1 is 1.42 bits per heavy atom. The third-order valence-electron chi connectivity index (χ3n) is 4.08. The zero-order valence-electron chi connectivity index (χ0n) is 13.8. The van der Waals surface area contributed by atoms with Gasteiger partial charge in [-0.15, -0.1) is 0 Å². The van der Waals surface area contributed by atoms with Crippen LogP contribution in [-0.4, -0.2) is 48.6 Å². The van der Waals surface area contributed by atoms with Crippen LogP contribution in [0.25, 0.3) is 0 Å². The van der Waals surface area contributed by atoms with Gasteiger partial charge in [0.2, 0.25) is 0 Å². The topological polar surface area (TPSA) is 45.7 Å². The molecule has 2 heterocycles. The van der Waals surface area contributed by atoms with Crippen LogP contribution in [0.5, 0.6) is 5.75 Å². The average Bonchev–Trinajstić information content (AvgIpc) is 2.60. The zero-order chi connectivity index (χ0) is 17.1. The van der Waals surface area contributed by atoms with Crippen LogP contribution in [0.15, 0.2) is 47.2 Å². The van der Waals surface area contributed by atoms with E-state index in [2.05, 4.69) is 38.8 Å². The first-order valence-corrected chi connectivity index (χ1v) is 8.74. The van der Waals surface area contributed by atoms with E-state index in [1.54, 1.807) is 30.4 Å². The number of likely N-dealkylation sites (N-methyl/N-ethyl adjacent to an activating group) is 2. The summed E-state index contributed by atoms with van der Waals surface area (Å²) in [4.78, 5) is 20.6. The van der Waals surface area contributed by atoms with Gasteiger partial charge in [0.05, 0.1) is 24.3 Å². The molecule has 0 saturated carbocycles. The Balaban J connectivity index is 1.71. The van der Waals surface area contributed by atoms with E-state index in [9.17, 15) is 4.79 Å². The van der Waals surface area contributed by atoms with Crippen LogP contribution >= 0.6 is 15.9 Å². The first kappa shape index (κ1) is 16.8. The largest absolute Gasteiger partial charge is 0.485 e. The standard InChI is InChI=1S/C18H20BrN3O2/c1-3-22-12-15(24-17-7-5-4-6-16(17)22)11-21(2)18(23)13-8-14(19)10-20-9-13/h4-10,15H,3,11-12H2,1-2H3/t15-/m0/s1. The Morgan fingerprint density at radius 2 is 2.21 bits per heavy atom. The molecule has 1 aromatic carbocycles. The summed E-state index contributed by atoms with van der Waals surface area (Å²) in [5, 5.41) is 0. The summed E-state index contributed by atoms with van der Waals surface area (Å²) in [7, 11) is 1.80. The minimum Gasteiger partial charge on any atom is -0.485 e. The predicted molar refractivity (Wildman–Crippen MR) is 97.6 cm³/mol. The molecule has 0 saturated heterocycles. The molecule has 1 aliphatic heterocycles. The van der Waals surface area contributed by atoms with Gasteiger partial charge in [0.15, 0.2) is 0 Å². The second-order valence-electron chi connectivity index (χ2n) is 5.82. The van der Waals surface area contributed by atoms with Crippen LogP contribution in [0.4, 0.5) is 5.69 Å². The number of halogens is 1. The number of pyridine rings is 1. The van der Waals surface area contributed by atoms with Crippen LogP contribution < -0.4 is 9.64 Å². The van der Waals surface area contributed by atoms with Crippen LogP contribution in [0.2, 0.25) is 0 Å². The highest BCUT2D eigenvalue weighted by Crippen LogP contribution is 2.32. The molecule has 3 rings (SSSR count). The number of aromatic nitrogens is 1. The van der Waals surface area contributed by atoms with Gasteiger partial charge in [-0.3, -0.25) is 9.78 Å². The summed E-state index contributed by atoms with van der Waals surface area (Å²) >= 11 is 3.35. The van der Waals surface area contributed by atoms with Crippen LogP contribution in [0, 0.1) is 0 Å². The fourth-order valence-corrected chi connectivity index (χ4v) is 3.28. The summed E-state index contributed by atoms with van der Waals surface area (Å²) in [5.74, 6) is 0.815. The fraction of sp³-hybridized carbons (Fsp3) is 0.333. The lowest BCUT2D eigenvalue weighted by molar-refractivity contribution is 0.0709. The van der Waals surface area contributed by atoms with Crippen molar-refractivity contribution in [2.24, 2.45) is 0 Å². The number of rotatable bonds is 4. The van der Waals surface area contributed by atoms with E-state index in [4.69, 9.17) is 4.74 Å². The van der Waals surface area contributed by atoms with Gasteiger partial charge in [0, 0.05) is 30.5 Å². The van der Waals surface area contributed by atoms with E-state index in [0.29, 0.717) is 12.1 Å². The number of hydrogen-bond acceptors (Lipinski definition) is 4. The van der Waals surface area contributed by atoms with Crippen molar-refractivity contribution in [1.82, 2.24) is 9.88 Å². The second-order valence-corrected chi connectivity index (χ2v) is 6.74. The SMILES string of the molecule is CCN1C[C@H](CN(C)C(=O)c2cncc(Br)c2)Oc2ccccc21. The zero-order valence-corrected chi connectivity index (χ0v) is 15.4. The highest BCUT2D eigenvalue weighted by atomic mass is 79.9. The van der Waals surface area contributed by atoms with Gasteiger partial charge in [-0.2, -0.15) is 0 Å². The molecule has 24 heavy (non-hydrogen) atoms. The van der Waals surface area contributed by atoms with Crippen molar-refractivity contribution in [3.63, 3.8) is 0 Å². The minimum absolute atomic E-state index is 0.0608. The molecule has 126 valence electrons. The van der Waals surface area contributed by atoms with Crippen molar-refractivity contribution < 1.29 is 9.53 Å². The lowest BCUT2D eigenvalue weighted by Gasteiger charge is -2.37. The Kier molecular flexibility index (Phi) is 5.04. The summed E-state index contributed by atoms with van der Waals surface area (Å²) in [6.45, 7) is 4.32. The molecule has 0 unspecified atom stereocenters. The normalized spacial score (nSPS) is 16.3. The maximum atomic E-state index is 12.6. The van der Waals surface area contributed by atoms with Crippen molar-refractivity contribution in [3.8, 4) is 5.75 Å². The molecular formula is C18H20BrN3O2. The van der Waals surface area contributed by atoms with Crippen molar-refractivity contribution in [1.29, 1.82) is 0 Å². The number of fused-ring (bicyclic) bond motifs is 1. The van der Waals surface area contributed by atoms with Crippen LogP contribution in [0.1, 0.15) is 17.3 Å². The van der Waals surface area contributed by atoms with Gasteiger partial charge < -0.3 is 14.5 Å². The van der Waals surface area contributed by atoms with Gasteiger partial charge in [0.1, 0.15) is 11.9 Å². The molecule has 1 amide bonds. The maximum Gasteiger partial charge on any atom is 0.255 e. The number of para-hydroxylation sites is 2. The lowest BCUT2D eigenvalue weighted by Crippen LogP contribution is -2.46. The maximum absolute atomic E-state index is 12.6. The number of ether oxygens (including phenoxy) is 1. The Bertz CT molecular complexity index is 738. The van der Waals surface area contributed by atoms with Gasteiger partial charge in [-0.25, -0.2) is 0 Å². The van der Waals surface area contributed by atoms with Crippen molar-refractivity contribution in [3.05, 3.63) is 52.8 Å². The monoisotopic (exact) mass is 389 g/mol. The molecule has 0 spiro atoms. The molecule has 0 fully saturated rings. The molecule has 0 bridgehead atoms. The summed E-state index contributed by atoms with van der Waals surface area (Å²) in [6.07, 6.45) is 3.18. The van der Waals surface area contributed by atoms with Crippen molar-refractivity contribution >= 4 is 27.5 Å². The third-order valence-corrected chi connectivity index (χ3v) is 4.52. The van der Waals surface area contributed by atoms with E-state index in [1.807, 2.05) is 18.2 Å². The van der Waals surface area contributed by atoms with Gasteiger partial charge in [0.25, 0.3) is 5.91 Å². The van der Waals surface area contributed by atoms with E-state index < -0.39 is 0 Å². The highest BCUT2D eigenvalue weighted by molar-refractivity contribution is 9.10. The van der Waals surface area contributed by atoms with Crippen LogP contribution in [-0.2, 0) is 0 Å². The second kappa shape index (κ2) is 7.21. The van der Waals surface area contributed by atoms with E-state index >= 15 is 0 Å². The summed E-state index contributed by atoms with van der Waals surface area (Å²) in [6, 6.07) is 9.81. The summed E-state index contributed by atoms with van der Waals surface area (Å²) < 4.78 is 6.88. The number of carbonyl (C=O) groups is 1. The Hall–Kier alpha value is -2.08. The first-order valence-electron chi connectivity index (χ1n) is 7.95. The van der Waals surface area contributed by atoms with Crippen molar-refractivity contribution in [2.45, 2.75) is 13.0 Å². The number of benzene rings is 1. The third kappa shape index (κ3) is 3.53. The molecule has 1 aliphatic rings. The Morgan fingerprint density at radius 3 is 2.96 bits per heavy atom. The Labute approximate surface area is 150 Å². The quantitative estimate of drug-likeness (QED) is 0.805. The van der Waals surface area contributed by atoms with Crippen molar-refractivity contribution in [2.75, 3.05) is 31.6 Å². The van der Waals surface area contributed by atoms with Gasteiger partial charge in [-0.1, -0.05) is 12.1 Å². The number of anilines is 1. The molecule has 0 aliphatic carbocycles. The molecule has 5 nitrogen and oxygen atoms in total. The van der Waals surface area contributed by atoms with Crippen LogP contribution in [0.3, 0.4) is 0 Å². The molecular weight excluding hydrogens is 370 g/mol. The molecule has 2 aromatic rings. The molecule has 6 heteroatoms. The van der Waals surface area contributed by atoms with E-state index in [0.717, 1.165) is 29.0 Å². The van der Waals surface area contributed by atoms with E-state index in [1.165, 1.54) is 0 Å². The smallest absolute Gasteiger partial charge is 0.255 e. The number of carbonyl (C=O) groups excluding carboxylic acids is 1. The molecule has 1 atom stereocenters. The minimum atomic E-state index is -0.0612. The lowest BCUT2D eigenvalue weighted by atomic mass is 10.1.